The number of alkyl halides is 1. The summed E-state index contributed by atoms with van der Waals surface area (Å²) in [6.07, 6.45) is 1.84. The van der Waals surface area contributed by atoms with Crippen molar-refractivity contribution in [2.24, 2.45) is 0 Å². The van der Waals surface area contributed by atoms with Crippen molar-refractivity contribution >= 4 is 27.9 Å². The van der Waals surface area contributed by atoms with Crippen LogP contribution in [0.25, 0.3) is 0 Å². The summed E-state index contributed by atoms with van der Waals surface area (Å²) in [4.78, 5) is 22.4. The zero-order valence-electron chi connectivity index (χ0n) is 9.83. The quantitative estimate of drug-likeness (QED) is 0.392. The number of rotatable bonds is 8. The highest BCUT2D eigenvalue weighted by Gasteiger charge is 2.17. The van der Waals surface area contributed by atoms with Gasteiger partial charge in [0.2, 0.25) is 0 Å². The topological polar surface area (TPSA) is 52.6 Å². The molecule has 94 valence electrons. The number of hydrogen-bond donors (Lipinski definition) is 0. The van der Waals surface area contributed by atoms with Crippen LogP contribution >= 0.6 is 15.9 Å². The Kier molecular flexibility index (Phi) is 9.28. The fraction of sp³-hybridized carbons (Fsp3) is 0.818. The molecular weight excluding hydrogens is 276 g/mol. The van der Waals surface area contributed by atoms with Gasteiger partial charge in [-0.3, -0.25) is 9.59 Å². The van der Waals surface area contributed by atoms with E-state index in [0.29, 0.717) is 18.4 Å². The normalized spacial score (nSPS) is 11.9. The van der Waals surface area contributed by atoms with Gasteiger partial charge in [-0.2, -0.15) is 0 Å². The highest BCUT2D eigenvalue weighted by atomic mass is 79.9. The van der Waals surface area contributed by atoms with E-state index in [1.807, 2.05) is 6.92 Å². The van der Waals surface area contributed by atoms with E-state index in [1.54, 1.807) is 6.92 Å². The Balaban J connectivity index is 3.83. The van der Waals surface area contributed by atoms with Crippen LogP contribution in [-0.2, 0) is 19.1 Å². The van der Waals surface area contributed by atoms with E-state index in [-0.39, 0.29) is 18.4 Å². The van der Waals surface area contributed by atoms with E-state index in [0.717, 1.165) is 12.8 Å². The molecule has 0 aromatic heterocycles. The monoisotopic (exact) mass is 294 g/mol. The molecule has 0 aromatic carbocycles. The van der Waals surface area contributed by atoms with Crippen LogP contribution in [0, 0.1) is 0 Å². The van der Waals surface area contributed by atoms with Gasteiger partial charge in [0.15, 0.2) is 0 Å². The molecule has 5 heteroatoms. The molecule has 1 atom stereocenters. The first kappa shape index (κ1) is 15.4. The summed E-state index contributed by atoms with van der Waals surface area (Å²) in [5, 5.41) is 0.446. The molecule has 1 unspecified atom stereocenters. The second-order valence-electron chi connectivity index (χ2n) is 3.40. The van der Waals surface area contributed by atoms with Gasteiger partial charge in [0.25, 0.3) is 0 Å². The molecule has 0 spiro atoms. The van der Waals surface area contributed by atoms with Crippen molar-refractivity contribution < 1.29 is 19.1 Å². The number of esters is 2. The number of ether oxygens (including phenoxy) is 2. The molecule has 0 rings (SSSR count). The number of unbranched alkanes of at least 4 members (excludes halogenated alkanes) is 1. The van der Waals surface area contributed by atoms with Crippen molar-refractivity contribution in [3.8, 4) is 0 Å². The third kappa shape index (κ3) is 7.68. The van der Waals surface area contributed by atoms with Crippen molar-refractivity contribution in [2.75, 3.05) is 11.9 Å². The van der Waals surface area contributed by atoms with Crippen LogP contribution in [0.15, 0.2) is 0 Å². The van der Waals surface area contributed by atoms with Crippen molar-refractivity contribution in [3.63, 3.8) is 0 Å². The SMILES string of the molecule is CCCCOC(=O)CC(CBr)OC(=O)CC. The maximum Gasteiger partial charge on any atom is 0.309 e. The second-order valence-corrected chi connectivity index (χ2v) is 4.05. The Morgan fingerprint density at radius 2 is 1.94 bits per heavy atom. The third-order valence-electron chi connectivity index (χ3n) is 1.91. The van der Waals surface area contributed by atoms with Crippen LogP contribution in [0.5, 0.6) is 0 Å². The number of carbonyl (C=O) groups is 2. The summed E-state index contributed by atoms with van der Waals surface area (Å²) < 4.78 is 10.0. The standard InChI is InChI=1S/C11H19BrO4/c1-3-5-6-15-11(14)7-9(8-12)16-10(13)4-2/h9H,3-8H2,1-2H3. The molecule has 0 aliphatic carbocycles. The average Bonchev–Trinajstić information content (AvgIpc) is 2.28. The minimum atomic E-state index is -0.429. The molecular formula is C11H19BrO4. The second kappa shape index (κ2) is 9.63. The lowest BCUT2D eigenvalue weighted by Gasteiger charge is -2.14. The van der Waals surface area contributed by atoms with Crippen LogP contribution in [0.2, 0.25) is 0 Å². The largest absolute Gasteiger partial charge is 0.466 e. The van der Waals surface area contributed by atoms with E-state index in [2.05, 4.69) is 15.9 Å². The molecule has 0 saturated carbocycles. The fourth-order valence-electron chi connectivity index (χ4n) is 0.972. The van der Waals surface area contributed by atoms with Crippen molar-refractivity contribution in [2.45, 2.75) is 45.6 Å². The van der Waals surface area contributed by atoms with Gasteiger partial charge >= 0.3 is 11.9 Å². The number of hydrogen-bond acceptors (Lipinski definition) is 4. The van der Waals surface area contributed by atoms with Gasteiger partial charge in [-0.05, 0) is 6.42 Å². The summed E-state index contributed by atoms with van der Waals surface area (Å²) in [6, 6.07) is 0. The van der Waals surface area contributed by atoms with Crippen LogP contribution in [0.4, 0.5) is 0 Å². The Morgan fingerprint density at radius 3 is 2.44 bits per heavy atom. The summed E-state index contributed by atoms with van der Waals surface area (Å²) in [7, 11) is 0. The first-order chi connectivity index (χ1) is 7.63. The molecule has 0 radical (unpaired) electrons. The minimum absolute atomic E-state index is 0.112. The molecule has 0 amide bonds. The van der Waals surface area contributed by atoms with Crippen LogP contribution < -0.4 is 0 Å². The fourth-order valence-corrected chi connectivity index (χ4v) is 1.33. The predicted molar refractivity (Wildman–Crippen MR) is 64.4 cm³/mol. The van der Waals surface area contributed by atoms with E-state index in [1.165, 1.54) is 0 Å². The molecule has 0 fully saturated rings. The highest BCUT2D eigenvalue weighted by molar-refractivity contribution is 9.09. The van der Waals surface area contributed by atoms with Crippen molar-refractivity contribution in [3.05, 3.63) is 0 Å². The molecule has 0 saturated heterocycles. The van der Waals surface area contributed by atoms with E-state index < -0.39 is 6.10 Å². The summed E-state index contributed by atoms with van der Waals surface area (Å²) in [5.41, 5.74) is 0. The predicted octanol–water partition coefficient (Wildman–Crippen LogP) is 2.44. The molecule has 0 aromatic rings. The lowest BCUT2D eigenvalue weighted by molar-refractivity contribution is -0.153. The average molecular weight is 295 g/mol. The van der Waals surface area contributed by atoms with E-state index in [4.69, 9.17) is 9.47 Å². The van der Waals surface area contributed by atoms with Crippen LogP contribution in [0.3, 0.4) is 0 Å². The van der Waals surface area contributed by atoms with Crippen molar-refractivity contribution in [1.29, 1.82) is 0 Å². The first-order valence-electron chi connectivity index (χ1n) is 5.55. The maximum absolute atomic E-state index is 11.3. The Bertz CT molecular complexity index is 218. The summed E-state index contributed by atoms with van der Waals surface area (Å²) >= 11 is 3.20. The maximum atomic E-state index is 11.3. The lowest BCUT2D eigenvalue weighted by atomic mass is 10.3. The van der Waals surface area contributed by atoms with Crippen LogP contribution in [0.1, 0.15) is 39.5 Å². The van der Waals surface area contributed by atoms with Gasteiger partial charge in [0, 0.05) is 11.8 Å². The van der Waals surface area contributed by atoms with Gasteiger partial charge in [0.05, 0.1) is 13.0 Å². The summed E-state index contributed by atoms with van der Waals surface area (Å²) in [6.45, 7) is 4.18. The van der Waals surface area contributed by atoms with Gasteiger partial charge < -0.3 is 9.47 Å². The van der Waals surface area contributed by atoms with E-state index in [9.17, 15) is 9.59 Å². The van der Waals surface area contributed by atoms with Crippen LogP contribution in [-0.4, -0.2) is 30.0 Å². The third-order valence-corrected chi connectivity index (χ3v) is 2.64. The Hall–Kier alpha value is -0.580. The molecule has 0 bridgehead atoms. The van der Waals surface area contributed by atoms with Gasteiger partial charge in [-0.15, -0.1) is 0 Å². The molecule has 0 N–H and O–H groups in total. The van der Waals surface area contributed by atoms with Gasteiger partial charge in [-0.25, -0.2) is 0 Å². The van der Waals surface area contributed by atoms with Crippen molar-refractivity contribution in [1.82, 2.24) is 0 Å². The highest BCUT2D eigenvalue weighted by Crippen LogP contribution is 2.06. The first-order valence-corrected chi connectivity index (χ1v) is 6.67. The van der Waals surface area contributed by atoms with Gasteiger partial charge in [-0.1, -0.05) is 36.2 Å². The Morgan fingerprint density at radius 1 is 1.25 bits per heavy atom. The molecule has 4 nitrogen and oxygen atoms in total. The molecule has 0 aliphatic rings. The molecule has 0 aliphatic heterocycles. The zero-order valence-corrected chi connectivity index (χ0v) is 11.4. The minimum Gasteiger partial charge on any atom is -0.466 e. The van der Waals surface area contributed by atoms with Gasteiger partial charge in [0.1, 0.15) is 6.10 Å². The Labute approximate surface area is 105 Å². The zero-order chi connectivity index (χ0) is 12.4. The molecule has 16 heavy (non-hydrogen) atoms. The summed E-state index contributed by atoms with van der Waals surface area (Å²) in [5.74, 6) is -0.618. The smallest absolute Gasteiger partial charge is 0.309 e. The molecule has 0 heterocycles. The van der Waals surface area contributed by atoms with E-state index >= 15 is 0 Å². The number of halogens is 1. The number of carbonyl (C=O) groups excluding carboxylic acids is 2. The lowest BCUT2D eigenvalue weighted by Crippen LogP contribution is -2.24.